The number of carbonyl (C=O) groups excluding carboxylic acids is 1. The van der Waals surface area contributed by atoms with E-state index >= 15 is 0 Å². The lowest BCUT2D eigenvalue weighted by Gasteiger charge is -2.15. The molecule has 0 saturated carbocycles. The maximum atomic E-state index is 12.9. The average molecular weight is 455 g/mol. The normalized spacial score (nSPS) is 12.5. The molecule has 0 atom stereocenters. The van der Waals surface area contributed by atoms with Crippen LogP contribution in [0.4, 0.5) is 32.0 Å². The highest BCUT2D eigenvalue weighted by Crippen LogP contribution is 2.37. The lowest BCUT2D eigenvalue weighted by Crippen LogP contribution is -2.17. The van der Waals surface area contributed by atoms with Crippen molar-refractivity contribution in [2.24, 2.45) is 0 Å². The highest BCUT2D eigenvalue weighted by Gasteiger charge is 2.38. The summed E-state index contributed by atoms with van der Waals surface area (Å²) in [6.45, 7) is 1.79. The number of alkyl halides is 6. The number of hydrogen-bond acceptors (Lipinski definition) is 4. The SMILES string of the molecule is CCOC(=O)Cc1ccc(NS(=O)(=O)c2cc(C(F)(F)F)cc(C(F)(F)F)c2)cc1. The zero-order chi connectivity index (χ0) is 22.7. The number of sulfonamides is 1. The second-order valence-corrected chi connectivity index (χ2v) is 7.71. The van der Waals surface area contributed by atoms with E-state index in [-0.39, 0.29) is 36.9 Å². The van der Waals surface area contributed by atoms with E-state index in [1.54, 1.807) is 6.92 Å². The summed E-state index contributed by atoms with van der Waals surface area (Å²) in [6, 6.07) is 5.22. The maximum absolute atomic E-state index is 12.9. The van der Waals surface area contributed by atoms with Gasteiger partial charge in [0, 0.05) is 5.69 Å². The molecule has 0 aliphatic rings. The first-order valence-corrected chi connectivity index (χ1v) is 9.77. The Hall–Kier alpha value is -2.76. The number of ether oxygens (including phenoxy) is 1. The summed E-state index contributed by atoms with van der Waals surface area (Å²) in [6.07, 6.45) is -10.5. The quantitative estimate of drug-likeness (QED) is 0.509. The van der Waals surface area contributed by atoms with Gasteiger partial charge in [-0.1, -0.05) is 12.1 Å². The van der Waals surface area contributed by atoms with Gasteiger partial charge in [0.1, 0.15) is 0 Å². The van der Waals surface area contributed by atoms with Gasteiger partial charge in [0.2, 0.25) is 0 Å². The third-order valence-corrected chi connectivity index (χ3v) is 5.09. The van der Waals surface area contributed by atoms with Gasteiger partial charge in [-0.3, -0.25) is 9.52 Å². The molecule has 0 bridgehead atoms. The Morgan fingerprint density at radius 1 is 0.933 bits per heavy atom. The van der Waals surface area contributed by atoms with Crippen LogP contribution in [0.25, 0.3) is 0 Å². The molecule has 2 aromatic carbocycles. The fourth-order valence-corrected chi connectivity index (χ4v) is 3.49. The second kappa shape index (κ2) is 8.54. The van der Waals surface area contributed by atoms with Crippen molar-refractivity contribution in [3.05, 3.63) is 59.2 Å². The second-order valence-electron chi connectivity index (χ2n) is 6.03. The summed E-state index contributed by atoms with van der Waals surface area (Å²) in [5.41, 5.74) is -3.15. The highest BCUT2D eigenvalue weighted by atomic mass is 32.2. The van der Waals surface area contributed by atoms with Gasteiger partial charge < -0.3 is 4.74 Å². The zero-order valence-corrected chi connectivity index (χ0v) is 16.1. The van der Waals surface area contributed by atoms with E-state index in [2.05, 4.69) is 0 Å². The first-order valence-electron chi connectivity index (χ1n) is 8.29. The minimum Gasteiger partial charge on any atom is -0.466 e. The van der Waals surface area contributed by atoms with Gasteiger partial charge in [0.25, 0.3) is 10.0 Å². The van der Waals surface area contributed by atoms with Crippen molar-refractivity contribution in [3.63, 3.8) is 0 Å². The molecule has 0 fully saturated rings. The number of rotatable bonds is 6. The van der Waals surface area contributed by atoms with E-state index in [0.29, 0.717) is 5.56 Å². The van der Waals surface area contributed by atoms with E-state index < -0.39 is 44.4 Å². The fraction of sp³-hybridized carbons (Fsp3) is 0.278. The number of carbonyl (C=O) groups is 1. The van der Waals surface area contributed by atoms with E-state index in [0.717, 1.165) is 0 Å². The van der Waals surface area contributed by atoms with E-state index in [4.69, 9.17) is 4.74 Å². The van der Waals surface area contributed by atoms with Gasteiger partial charge in [-0.15, -0.1) is 0 Å². The molecule has 1 N–H and O–H groups in total. The predicted molar refractivity (Wildman–Crippen MR) is 94.0 cm³/mol. The van der Waals surface area contributed by atoms with E-state index in [1.165, 1.54) is 24.3 Å². The van der Waals surface area contributed by atoms with Gasteiger partial charge in [-0.25, -0.2) is 8.42 Å². The fourth-order valence-electron chi connectivity index (χ4n) is 2.36. The monoisotopic (exact) mass is 455 g/mol. The molecular formula is C18H15F6NO4S. The van der Waals surface area contributed by atoms with Crippen molar-refractivity contribution < 1.29 is 44.3 Å². The molecule has 0 amide bonds. The number of benzene rings is 2. The summed E-state index contributed by atoms with van der Waals surface area (Å²) < 4.78 is 109. The molecule has 0 aliphatic heterocycles. The molecule has 0 saturated heterocycles. The van der Waals surface area contributed by atoms with Gasteiger partial charge >= 0.3 is 18.3 Å². The van der Waals surface area contributed by atoms with Crippen molar-refractivity contribution in [3.8, 4) is 0 Å². The maximum Gasteiger partial charge on any atom is 0.416 e. The molecule has 30 heavy (non-hydrogen) atoms. The number of esters is 1. The molecule has 0 spiro atoms. The largest absolute Gasteiger partial charge is 0.466 e. The summed E-state index contributed by atoms with van der Waals surface area (Å²) in [7, 11) is -4.77. The van der Waals surface area contributed by atoms with Crippen LogP contribution in [0.1, 0.15) is 23.6 Å². The van der Waals surface area contributed by atoms with Crippen molar-refractivity contribution in [1.29, 1.82) is 0 Å². The molecule has 2 aromatic rings. The van der Waals surface area contributed by atoms with Crippen LogP contribution >= 0.6 is 0 Å². The first kappa shape index (κ1) is 23.5. The number of hydrogen-bond donors (Lipinski definition) is 1. The third kappa shape index (κ3) is 6.12. The molecule has 0 unspecified atom stereocenters. The molecular weight excluding hydrogens is 440 g/mol. The van der Waals surface area contributed by atoms with Gasteiger partial charge in [0.15, 0.2) is 0 Å². The summed E-state index contributed by atoms with van der Waals surface area (Å²) >= 11 is 0. The van der Waals surface area contributed by atoms with Crippen LogP contribution in [0, 0.1) is 0 Å². The van der Waals surface area contributed by atoms with Gasteiger partial charge in [0.05, 0.1) is 29.1 Å². The number of nitrogens with one attached hydrogen (secondary N) is 1. The Labute approximate surface area is 167 Å². The number of halogens is 6. The van der Waals surface area contributed by atoms with Gasteiger partial charge in [-0.05, 0) is 42.8 Å². The van der Waals surface area contributed by atoms with E-state index in [9.17, 15) is 39.6 Å². The number of anilines is 1. The Morgan fingerprint density at radius 2 is 1.43 bits per heavy atom. The van der Waals surface area contributed by atoms with Crippen LogP contribution in [-0.2, 0) is 38.3 Å². The molecule has 2 rings (SSSR count). The summed E-state index contributed by atoms with van der Waals surface area (Å²) in [5.74, 6) is -0.519. The van der Waals surface area contributed by atoms with Gasteiger partial charge in [-0.2, -0.15) is 26.3 Å². The highest BCUT2D eigenvalue weighted by molar-refractivity contribution is 7.92. The Kier molecular flexibility index (Phi) is 6.70. The lowest BCUT2D eigenvalue weighted by atomic mass is 10.1. The average Bonchev–Trinajstić information content (AvgIpc) is 2.61. The Balaban J connectivity index is 2.34. The molecule has 164 valence electrons. The zero-order valence-electron chi connectivity index (χ0n) is 15.3. The van der Waals surface area contributed by atoms with Crippen LogP contribution in [-0.4, -0.2) is 21.0 Å². The molecule has 0 radical (unpaired) electrons. The van der Waals surface area contributed by atoms with Crippen LogP contribution < -0.4 is 4.72 Å². The predicted octanol–water partition coefficient (Wildman–Crippen LogP) is 4.63. The van der Waals surface area contributed by atoms with E-state index in [1.807, 2.05) is 4.72 Å². The molecule has 0 aromatic heterocycles. The van der Waals surface area contributed by atoms with Crippen LogP contribution in [0.15, 0.2) is 47.4 Å². The topological polar surface area (TPSA) is 72.5 Å². The standard InChI is InChI=1S/C18H15F6NO4S/c1-2-29-16(26)7-11-3-5-14(6-4-11)25-30(27,28)15-9-12(17(19,20)21)8-13(10-15)18(22,23)24/h3-6,8-10,25H,2,7H2,1H3. The molecule has 0 heterocycles. The minimum atomic E-state index is -5.18. The van der Waals surface area contributed by atoms with Crippen LogP contribution in [0.5, 0.6) is 0 Å². The van der Waals surface area contributed by atoms with Crippen molar-refractivity contribution >= 4 is 21.7 Å². The van der Waals surface area contributed by atoms with Crippen molar-refractivity contribution in [1.82, 2.24) is 0 Å². The molecule has 0 aliphatic carbocycles. The first-order chi connectivity index (χ1) is 13.7. The minimum absolute atomic E-state index is 0.0938. The summed E-state index contributed by atoms with van der Waals surface area (Å²) in [5, 5.41) is 0. The third-order valence-electron chi connectivity index (χ3n) is 3.73. The Morgan fingerprint density at radius 3 is 1.87 bits per heavy atom. The smallest absolute Gasteiger partial charge is 0.416 e. The van der Waals surface area contributed by atoms with Crippen LogP contribution in [0.2, 0.25) is 0 Å². The molecule has 5 nitrogen and oxygen atoms in total. The lowest BCUT2D eigenvalue weighted by molar-refractivity contribution is -0.144. The summed E-state index contributed by atoms with van der Waals surface area (Å²) in [4.78, 5) is 10.2. The molecule has 12 heteroatoms. The Bertz CT molecular complexity index is 982. The van der Waals surface area contributed by atoms with Crippen molar-refractivity contribution in [2.75, 3.05) is 11.3 Å². The van der Waals surface area contributed by atoms with Crippen molar-refractivity contribution in [2.45, 2.75) is 30.6 Å². The van der Waals surface area contributed by atoms with Crippen LogP contribution in [0.3, 0.4) is 0 Å².